The second-order valence-electron chi connectivity index (χ2n) is 5.89. The Labute approximate surface area is 144 Å². The fraction of sp³-hybridized carbons (Fsp3) is 0.211. The molecule has 0 aliphatic carbocycles. The minimum Gasteiger partial charge on any atom is -0.505 e. The Kier molecular flexibility index (Phi) is 3.72. The van der Waals surface area contributed by atoms with Gasteiger partial charge in [-0.3, -0.25) is 0 Å². The van der Waals surface area contributed by atoms with Crippen LogP contribution >= 0.6 is 0 Å². The van der Waals surface area contributed by atoms with Crippen molar-refractivity contribution in [3.05, 3.63) is 64.9 Å². The number of carbonyl (C=O) groups excluding carboxylic acids is 1. The van der Waals surface area contributed by atoms with Crippen LogP contribution in [0.25, 0.3) is 5.76 Å². The lowest BCUT2D eigenvalue weighted by atomic mass is 9.99. The van der Waals surface area contributed by atoms with Gasteiger partial charge in [-0.15, -0.1) is 0 Å². The van der Waals surface area contributed by atoms with Gasteiger partial charge in [-0.25, -0.2) is 4.79 Å². The lowest BCUT2D eigenvalue weighted by molar-refractivity contribution is -0.138. The third-order valence-electron chi connectivity index (χ3n) is 4.36. The smallest absolute Gasteiger partial charge is 0.358 e. The predicted octanol–water partition coefficient (Wildman–Crippen LogP) is 2.83. The molecule has 4 rings (SSSR count). The van der Waals surface area contributed by atoms with Crippen LogP contribution in [-0.4, -0.2) is 29.9 Å². The summed E-state index contributed by atoms with van der Waals surface area (Å²) in [6.45, 7) is 1.14. The van der Waals surface area contributed by atoms with E-state index >= 15 is 0 Å². The monoisotopic (exact) mass is 339 g/mol. The van der Waals surface area contributed by atoms with Crippen molar-refractivity contribution in [1.29, 1.82) is 0 Å². The highest BCUT2D eigenvalue weighted by atomic mass is 16.7. The molecule has 0 amide bonds. The molecule has 0 fully saturated rings. The van der Waals surface area contributed by atoms with Crippen LogP contribution in [0.4, 0.5) is 0 Å². The highest BCUT2D eigenvalue weighted by Crippen LogP contribution is 2.35. The van der Waals surface area contributed by atoms with Gasteiger partial charge in [0.2, 0.25) is 6.79 Å². The molecule has 0 atom stereocenters. The van der Waals surface area contributed by atoms with Crippen LogP contribution in [-0.2, 0) is 22.6 Å². The van der Waals surface area contributed by atoms with E-state index in [0.717, 1.165) is 11.1 Å². The molecule has 6 heteroatoms. The highest BCUT2D eigenvalue weighted by Gasteiger charge is 2.30. The van der Waals surface area contributed by atoms with E-state index in [0.29, 0.717) is 30.2 Å². The van der Waals surface area contributed by atoms with Gasteiger partial charge in [0.15, 0.2) is 23.0 Å². The predicted molar refractivity (Wildman–Crippen MR) is 89.8 cm³/mol. The van der Waals surface area contributed by atoms with Crippen molar-refractivity contribution in [3.8, 4) is 11.5 Å². The van der Waals surface area contributed by atoms with Crippen molar-refractivity contribution in [2.75, 3.05) is 13.9 Å². The number of rotatable bonds is 3. The van der Waals surface area contributed by atoms with Gasteiger partial charge in [0, 0.05) is 18.7 Å². The Morgan fingerprint density at radius 2 is 2.00 bits per heavy atom. The van der Waals surface area contributed by atoms with E-state index in [2.05, 4.69) is 0 Å². The zero-order valence-electron chi connectivity index (χ0n) is 13.7. The molecule has 128 valence electrons. The van der Waals surface area contributed by atoms with E-state index in [1.807, 2.05) is 36.4 Å². The molecule has 2 aromatic rings. The zero-order valence-corrected chi connectivity index (χ0v) is 13.7. The first kappa shape index (κ1) is 15.4. The van der Waals surface area contributed by atoms with Gasteiger partial charge in [-0.1, -0.05) is 30.3 Å². The SMILES string of the molecule is COC(=O)C1=C(O)c2ccccc2CN1Cc1ccc2c(c1)OCO2. The van der Waals surface area contributed by atoms with Gasteiger partial charge < -0.3 is 24.2 Å². The molecule has 0 spiro atoms. The molecule has 0 saturated heterocycles. The number of aliphatic hydroxyl groups is 1. The van der Waals surface area contributed by atoms with E-state index in [-0.39, 0.29) is 18.2 Å². The average molecular weight is 339 g/mol. The Morgan fingerprint density at radius 1 is 1.20 bits per heavy atom. The fourth-order valence-electron chi connectivity index (χ4n) is 3.17. The highest BCUT2D eigenvalue weighted by molar-refractivity contribution is 5.96. The number of ether oxygens (including phenoxy) is 3. The van der Waals surface area contributed by atoms with E-state index < -0.39 is 5.97 Å². The first-order valence-corrected chi connectivity index (χ1v) is 7.90. The molecule has 1 N–H and O–H groups in total. The molecule has 25 heavy (non-hydrogen) atoms. The normalized spacial score (nSPS) is 15.2. The Bertz CT molecular complexity index is 874. The topological polar surface area (TPSA) is 68.2 Å². The van der Waals surface area contributed by atoms with Crippen LogP contribution < -0.4 is 9.47 Å². The number of benzene rings is 2. The molecular weight excluding hydrogens is 322 g/mol. The first-order valence-electron chi connectivity index (χ1n) is 7.90. The lowest BCUT2D eigenvalue weighted by Crippen LogP contribution is -2.32. The van der Waals surface area contributed by atoms with E-state index in [1.54, 1.807) is 11.0 Å². The van der Waals surface area contributed by atoms with Crippen molar-refractivity contribution < 1.29 is 24.1 Å². The van der Waals surface area contributed by atoms with Crippen molar-refractivity contribution in [2.45, 2.75) is 13.1 Å². The number of methoxy groups -OCH3 is 1. The zero-order chi connectivity index (χ0) is 17.4. The molecule has 0 aromatic heterocycles. The third kappa shape index (κ3) is 2.65. The fourth-order valence-corrected chi connectivity index (χ4v) is 3.17. The van der Waals surface area contributed by atoms with Gasteiger partial charge in [0.1, 0.15) is 0 Å². The molecule has 2 aliphatic heterocycles. The Hall–Kier alpha value is -3.15. The average Bonchev–Trinajstić information content (AvgIpc) is 3.09. The summed E-state index contributed by atoms with van der Waals surface area (Å²) in [6.07, 6.45) is 0. The largest absolute Gasteiger partial charge is 0.505 e. The van der Waals surface area contributed by atoms with Crippen LogP contribution in [0.15, 0.2) is 48.2 Å². The summed E-state index contributed by atoms with van der Waals surface area (Å²) in [4.78, 5) is 14.1. The second kappa shape index (κ2) is 6.05. The number of aliphatic hydroxyl groups excluding tert-OH is 1. The minimum absolute atomic E-state index is 0.0607. The van der Waals surface area contributed by atoms with Gasteiger partial charge in [0.05, 0.1) is 7.11 Å². The van der Waals surface area contributed by atoms with Gasteiger partial charge in [-0.2, -0.15) is 0 Å². The molecule has 0 bridgehead atoms. The molecule has 2 aliphatic rings. The molecule has 0 unspecified atom stereocenters. The summed E-state index contributed by atoms with van der Waals surface area (Å²) in [5.41, 5.74) is 2.72. The number of hydrogen-bond acceptors (Lipinski definition) is 6. The standard InChI is InChI=1S/C19H17NO5/c1-23-19(22)17-18(21)14-5-3-2-4-13(14)10-20(17)9-12-6-7-15-16(8-12)25-11-24-15/h2-8,21H,9-11H2,1H3. The summed E-state index contributed by atoms with van der Waals surface area (Å²) in [5, 5.41) is 10.6. The summed E-state index contributed by atoms with van der Waals surface area (Å²) in [7, 11) is 1.31. The quantitative estimate of drug-likeness (QED) is 0.868. The molecular formula is C19H17NO5. The summed E-state index contributed by atoms with van der Waals surface area (Å²) >= 11 is 0. The summed E-state index contributed by atoms with van der Waals surface area (Å²) in [6, 6.07) is 13.1. The number of nitrogens with zero attached hydrogens (tertiary/aromatic N) is 1. The number of hydrogen-bond donors (Lipinski definition) is 1. The summed E-state index contributed by atoms with van der Waals surface area (Å²) in [5.74, 6) is 0.768. The molecule has 2 heterocycles. The summed E-state index contributed by atoms with van der Waals surface area (Å²) < 4.78 is 15.6. The van der Waals surface area contributed by atoms with Crippen molar-refractivity contribution in [2.24, 2.45) is 0 Å². The number of carbonyl (C=O) groups is 1. The van der Waals surface area contributed by atoms with Crippen LogP contribution in [0.2, 0.25) is 0 Å². The lowest BCUT2D eigenvalue weighted by Gasteiger charge is -2.31. The molecule has 6 nitrogen and oxygen atoms in total. The van der Waals surface area contributed by atoms with Crippen LogP contribution in [0.5, 0.6) is 11.5 Å². The third-order valence-corrected chi connectivity index (χ3v) is 4.36. The Balaban J connectivity index is 1.71. The van der Waals surface area contributed by atoms with E-state index in [1.165, 1.54) is 7.11 Å². The van der Waals surface area contributed by atoms with Crippen LogP contribution in [0, 0.1) is 0 Å². The van der Waals surface area contributed by atoms with Crippen molar-refractivity contribution in [1.82, 2.24) is 4.90 Å². The van der Waals surface area contributed by atoms with Gasteiger partial charge >= 0.3 is 5.97 Å². The van der Waals surface area contributed by atoms with Crippen LogP contribution in [0.3, 0.4) is 0 Å². The maximum atomic E-state index is 12.2. The Morgan fingerprint density at radius 3 is 2.84 bits per heavy atom. The second-order valence-corrected chi connectivity index (χ2v) is 5.89. The molecule has 0 saturated carbocycles. The van der Waals surface area contributed by atoms with E-state index in [4.69, 9.17) is 14.2 Å². The van der Waals surface area contributed by atoms with Gasteiger partial charge in [0.25, 0.3) is 0 Å². The van der Waals surface area contributed by atoms with Crippen LogP contribution in [0.1, 0.15) is 16.7 Å². The molecule has 2 aromatic carbocycles. The van der Waals surface area contributed by atoms with E-state index in [9.17, 15) is 9.90 Å². The number of fused-ring (bicyclic) bond motifs is 2. The first-order chi connectivity index (χ1) is 12.2. The van der Waals surface area contributed by atoms with Crippen molar-refractivity contribution >= 4 is 11.7 Å². The number of esters is 1. The maximum absolute atomic E-state index is 12.2. The van der Waals surface area contributed by atoms with Gasteiger partial charge in [-0.05, 0) is 23.3 Å². The van der Waals surface area contributed by atoms with Crippen molar-refractivity contribution in [3.63, 3.8) is 0 Å². The minimum atomic E-state index is -0.562. The molecule has 0 radical (unpaired) electrons. The maximum Gasteiger partial charge on any atom is 0.358 e.